The van der Waals surface area contributed by atoms with E-state index in [0.29, 0.717) is 38.7 Å². The Kier molecular flexibility index (Phi) is 9.90. The second-order valence-electron chi connectivity index (χ2n) is 8.22. The molecule has 2 N–H and O–H groups in total. The van der Waals surface area contributed by atoms with Gasteiger partial charge in [-0.1, -0.05) is 67.9 Å². The van der Waals surface area contributed by atoms with Crippen molar-refractivity contribution in [2.45, 2.75) is 26.5 Å². The number of hydrogen-bond acceptors (Lipinski definition) is 5. The van der Waals surface area contributed by atoms with Crippen LogP contribution in [0.2, 0.25) is 5.02 Å². The Morgan fingerprint density at radius 3 is 2.44 bits per heavy atom. The maximum absolute atomic E-state index is 12.8. The Morgan fingerprint density at radius 1 is 1.08 bits per heavy atom. The lowest BCUT2D eigenvalue weighted by molar-refractivity contribution is -0.123. The standard InChI is InChI=1S/C27H27BrClN3O4/c1-17(2)24(31-26(33)20-11-7-8-12-22(20)29)27(34)32-30-15-19-13-21(28)25(23(14-19)35-3)36-16-18-9-5-4-6-10-18/h4-15,17,24H,16H2,1-3H3,(H,31,33)(H,32,34). The third-order valence-electron chi connectivity index (χ3n) is 5.22. The third kappa shape index (κ3) is 7.32. The number of halogens is 2. The van der Waals surface area contributed by atoms with Gasteiger partial charge in [-0.2, -0.15) is 5.10 Å². The smallest absolute Gasteiger partial charge is 0.262 e. The third-order valence-corrected chi connectivity index (χ3v) is 6.14. The monoisotopic (exact) mass is 571 g/mol. The van der Waals surface area contributed by atoms with Gasteiger partial charge in [0, 0.05) is 0 Å². The number of ether oxygens (including phenoxy) is 2. The van der Waals surface area contributed by atoms with E-state index >= 15 is 0 Å². The van der Waals surface area contributed by atoms with Gasteiger partial charge in [0.05, 0.1) is 28.4 Å². The van der Waals surface area contributed by atoms with Gasteiger partial charge in [0.15, 0.2) is 11.5 Å². The number of carbonyl (C=O) groups excluding carboxylic acids is 2. The molecule has 0 saturated heterocycles. The van der Waals surface area contributed by atoms with E-state index < -0.39 is 17.9 Å². The molecule has 188 valence electrons. The molecule has 9 heteroatoms. The SMILES string of the molecule is COc1cc(C=NNC(=O)C(NC(=O)c2ccccc2Cl)C(C)C)cc(Br)c1OCc1ccccc1. The Morgan fingerprint density at radius 2 is 1.78 bits per heavy atom. The fraction of sp³-hybridized carbons (Fsp3) is 0.222. The number of hydrazone groups is 1. The number of amides is 2. The van der Waals surface area contributed by atoms with Crippen LogP contribution in [-0.4, -0.2) is 31.2 Å². The van der Waals surface area contributed by atoms with E-state index in [2.05, 4.69) is 31.8 Å². The molecule has 0 fully saturated rings. The van der Waals surface area contributed by atoms with Crippen LogP contribution in [0.5, 0.6) is 11.5 Å². The normalized spacial score (nSPS) is 11.8. The molecule has 1 atom stereocenters. The minimum absolute atomic E-state index is 0.179. The summed E-state index contributed by atoms with van der Waals surface area (Å²) in [4.78, 5) is 25.4. The van der Waals surface area contributed by atoms with Crippen molar-refractivity contribution in [2.75, 3.05) is 7.11 Å². The Labute approximate surface area is 224 Å². The van der Waals surface area contributed by atoms with E-state index in [1.165, 1.54) is 6.21 Å². The topological polar surface area (TPSA) is 89.0 Å². The first-order chi connectivity index (χ1) is 17.3. The zero-order chi connectivity index (χ0) is 26.1. The Balaban J connectivity index is 1.66. The van der Waals surface area contributed by atoms with Gasteiger partial charge in [-0.25, -0.2) is 5.43 Å². The van der Waals surface area contributed by atoms with Crippen LogP contribution < -0.4 is 20.2 Å². The van der Waals surface area contributed by atoms with E-state index in [4.69, 9.17) is 21.1 Å². The molecule has 2 amide bonds. The number of nitrogens with one attached hydrogen (secondary N) is 2. The van der Waals surface area contributed by atoms with Crippen LogP contribution in [0, 0.1) is 5.92 Å². The lowest BCUT2D eigenvalue weighted by Gasteiger charge is -2.20. The minimum atomic E-state index is -0.805. The second-order valence-corrected chi connectivity index (χ2v) is 9.48. The first kappa shape index (κ1) is 27.2. The van der Waals surface area contributed by atoms with Crippen LogP contribution in [0.3, 0.4) is 0 Å². The van der Waals surface area contributed by atoms with Gasteiger partial charge < -0.3 is 14.8 Å². The summed E-state index contributed by atoms with van der Waals surface area (Å²) in [6, 6.07) is 19.2. The molecule has 7 nitrogen and oxygen atoms in total. The van der Waals surface area contributed by atoms with Gasteiger partial charge >= 0.3 is 0 Å². The van der Waals surface area contributed by atoms with Crippen LogP contribution in [0.15, 0.2) is 76.3 Å². The summed E-state index contributed by atoms with van der Waals surface area (Å²) in [6.45, 7) is 4.05. The summed E-state index contributed by atoms with van der Waals surface area (Å²) in [5.41, 5.74) is 4.50. The zero-order valence-electron chi connectivity index (χ0n) is 20.1. The number of nitrogens with zero attached hydrogens (tertiary/aromatic N) is 1. The van der Waals surface area contributed by atoms with Crippen molar-refractivity contribution in [2.24, 2.45) is 11.0 Å². The molecule has 0 bridgehead atoms. The molecule has 0 heterocycles. The molecule has 3 aromatic carbocycles. The molecule has 0 aliphatic heterocycles. The summed E-state index contributed by atoms with van der Waals surface area (Å²) in [6.07, 6.45) is 1.49. The van der Waals surface area contributed by atoms with E-state index in [-0.39, 0.29) is 5.92 Å². The summed E-state index contributed by atoms with van der Waals surface area (Å²) >= 11 is 9.62. The first-order valence-electron chi connectivity index (χ1n) is 11.2. The lowest BCUT2D eigenvalue weighted by Crippen LogP contribution is -2.48. The predicted molar refractivity (Wildman–Crippen MR) is 145 cm³/mol. The summed E-state index contributed by atoms with van der Waals surface area (Å²) in [5.74, 6) is 0.0143. The van der Waals surface area contributed by atoms with Gasteiger partial charge in [0.25, 0.3) is 11.8 Å². The molecule has 36 heavy (non-hydrogen) atoms. The largest absolute Gasteiger partial charge is 0.493 e. The van der Waals surface area contributed by atoms with Crippen LogP contribution >= 0.6 is 27.5 Å². The number of rotatable bonds is 10. The maximum atomic E-state index is 12.8. The molecule has 1 unspecified atom stereocenters. The highest BCUT2D eigenvalue weighted by atomic mass is 79.9. The molecule has 0 spiro atoms. The summed E-state index contributed by atoms with van der Waals surface area (Å²) < 4.78 is 12.1. The van der Waals surface area contributed by atoms with Crippen molar-refractivity contribution in [1.29, 1.82) is 0 Å². The van der Waals surface area contributed by atoms with E-state index in [9.17, 15) is 9.59 Å². The molecule has 0 aliphatic carbocycles. The molecular formula is C27H27BrClN3O4. The Bertz CT molecular complexity index is 1230. The van der Waals surface area contributed by atoms with Crippen molar-refractivity contribution in [3.05, 3.63) is 92.9 Å². The highest BCUT2D eigenvalue weighted by molar-refractivity contribution is 9.10. The number of hydrogen-bond donors (Lipinski definition) is 2. The number of carbonyl (C=O) groups is 2. The Hall–Kier alpha value is -3.36. The van der Waals surface area contributed by atoms with Crippen molar-refractivity contribution in [3.63, 3.8) is 0 Å². The van der Waals surface area contributed by atoms with Gasteiger partial charge in [-0.05, 0) is 57.2 Å². The van der Waals surface area contributed by atoms with Crippen LogP contribution in [-0.2, 0) is 11.4 Å². The van der Waals surface area contributed by atoms with E-state index in [1.54, 1.807) is 43.5 Å². The zero-order valence-corrected chi connectivity index (χ0v) is 22.5. The average Bonchev–Trinajstić information content (AvgIpc) is 2.86. The highest BCUT2D eigenvalue weighted by Gasteiger charge is 2.25. The molecule has 0 radical (unpaired) electrons. The fourth-order valence-corrected chi connectivity index (χ4v) is 4.12. The molecular weight excluding hydrogens is 546 g/mol. The molecule has 3 aromatic rings. The molecule has 0 saturated carbocycles. The van der Waals surface area contributed by atoms with Gasteiger partial charge in [0.1, 0.15) is 12.6 Å². The minimum Gasteiger partial charge on any atom is -0.493 e. The summed E-state index contributed by atoms with van der Waals surface area (Å²) in [7, 11) is 1.55. The van der Waals surface area contributed by atoms with Crippen molar-refractivity contribution >= 4 is 45.6 Å². The lowest BCUT2D eigenvalue weighted by atomic mass is 10.0. The van der Waals surface area contributed by atoms with Gasteiger partial charge in [-0.3, -0.25) is 9.59 Å². The fourth-order valence-electron chi connectivity index (χ4n) is 3.32. The number of benzene rings is 3. The van der Waals surface area contributed by atoms with Crippen LogP contribution in [0.1, 0.15) is 35.3 Å². The predicted octanol–water partition coefficient (Wildman–Crippen LogP) is 5.59. The molecule has 0 aliphatic rings. The summed E-state index contributed by atoms with van der Waals surface area (Å²) in [5, 5.41) is 7.11. The first-order valence-corrected chi connectivity index (χ1v) is 12.4. The average molecular weight is 573 g/mol. The van der Waals surface area contributed by atoms with Crippen molar-refractivity contribution in [1.82, 2.24) is 10.7 Å². The van der Waals surface area contributed by atoms with Crippen molar-refractivity contribution in [3.8, 4) is 11.5 Å². The second kappa shape index (κ2) is 13.1. The molecule has 0 aromatic heterocycles. The number of methoxy groups -OCH3 is 1. The maximum Gasteiger partial charge on any atom is 0.262 e. The van der Waals surface area contributed by atoms with Gasteiger partial charge in [0.2, 0.25) is 0 Å². The molecule has 3 rings (SSSR count). The van der Waals surface area contributed by atoms with E-state index in [0.717, 1.165) is 5.56 Å². The highest BCUT2D eigenvalue weighted by Crippen LogP contribution is 2.36. The van der Waals surface area contributed by atoms with Crippen molar-refractivity contribution < 1.29 is 19.1 Å². The van der Waals surface area contributed by atoms with Crippen LogP contribution in [0.25, 0.3) is 0 Å². The van der Waals surface area contributed by atoms with Gasteiger partial charge in [-0.15, -0.1) is 0 Å². The van der Waals surface area contributed by atoms with E-state index in [1.807, 2.05) is 44.2 Å². The quantitative estimate of drug-likeness (QED) is 0.245. The van der Waals surface area contributed by atoms with Crippen LogP contribution in [0.4, 0.5) is 0 Å².